The molecule has 0 aliphatic carbocycles. The van der Waals surface area contributed by atoms with E-state index in [-0.39, 0.29) is 0 Å². The minimum atomic E-state index is -4.36. The molecular weight excluding hydrogens is 197 g/mol. The summed E-state index contributed by atoms with van der Waals surface area (Å²) in [5.74, 6) is 0. The molecule has 0 rings (SSSR count). The van der Waals surface area contributed by atoms with Crippen LogP contribution in [0.15, 0.2) is 24.5 Å². The van der Waals surface area contributed by atoms with Crippen molar-refractivity contribution in [2.75, 3.05) is 0 Å². The van der Waals surface area contributed by atoms with E-state index in [0.29, 0.717) is 0 Å². The maximum Gasteiger partial charge on any atom is 0.415 e. The second-order valence-electron chi connectivity index (χ2n) is 3.56. The number of hydrogen-bond acceptors (Lipinski definition) is 1. The smallest absolute Gasteiger partial charge is 0.415 e. The Morgan fingerprint density at radius 3 is 2.08 bits per heavy atom. The molecule has 0 amide bonds. The van der Waals surface area contributed by atoms with Crippen molar-refractivity contribution in [3.8, 4) is 0 Å². The Kier molecular flexibility index (Phi) is 3.78. The first-order valence-corrected chi connectivity index (χ1v) is 7.14. The molecule has 0 aliphatic heterocycles. The van der Waals surface area contributed by atoms with E-state index in [0.717, 1.165) is 12.3 Å². The van der Waals surface area contributed by atoms with Crippen LogP contribution in [-0.4, -0.2) is 14.5 Å². The summed E-state index contributed by atoms with van der Waals surface area (Å²) >= 11 is 0. The Bertz CT molecular complexity index is 212. The van der Waals surface area contributed by atoms with Gasteiger partial charge in [0.05, 0.1) is 11.8 Å². The first-order valence-electron chi connectivity index (χ1n) is 3.73. The SMILES string of the molecule is C=C(/C=C/O[Si](C)(C)C)C(F)(F)F. The Morgan fingerprint density at radius 1 is 1.31 bits per heavy atom. The summed E-state index contributed by atoms with van der Waals surface area (Å²) in [6.07, 6.45) is -2.44. The largest absolute Gasteiger partial charge is 0.550 e. The highest BCUT2D eigenvalue weighted by molar-refractivity contribution is 6.69. The van der Waals surface area contributed by atoms with Crippen molar-refractivity contribution in [2.45, 2.75) is 25.8 Å². The van der Waals surface area contributed by atoms with Gasteiger partial charge in [0, 0.05) is 0 Å². The molecule has 0 heterocycles. The summed E-state index contributed by atoms with van der Waals surface area (Å²) < 4.78 is 40.7. The van der Waals surface area contributed by atoms with Gasteiger partial charge in [-0.25, -0.2) is 0 Å². The zero-order valence-corrected chi connectivity index (χ0v) is 8.90. The predicted molar refractivity (Wildman–Crippen MR) is 48.8 cm³/mol. The summed E-state index contributed by atoms with van der Waals surface area (Å²) in [6, 6.07) is 0. The minimum Gasteiger partial charge on any atom is -0.550 e. The topological polar surface area (TPSA) is 9.23 Å². The summed E-state index contributed by atoms with van der Waals surface area (Å²) in [5.41, 5.74) is -0.897. The predicted octanol–water partition coefficient (Wildman–Crippen LogP) is 3.47. The Labute approximate surface area is 77.0 Å². The summed E-state index contributed by atoms with van der Waals surface area (Å²) in [6.45, 7) is 8.52. The lowest BCUT2D eigenvalue weighted by atomic mass is 10.3. The van der Waals surface area contributed by atoms with Gasteiger partial charge >= 0.3 is 6.18 Å². The van der Waals surface area contributed by atoms with Crippen molar-refractivity contribution in [3.05, 3.63) is 24.5 Å². The fourth-order valence-corrected chi connectivity index (χ4v) is 0.891. The average molecular weight is 210 g/mol. The van der Waals surface area contributed by atoms with Crippen molar-refractivity contribution in [3.63, 3.8) is 0 Å². The summed E-state index contributed by atoms with van der Waals surface area (Å²) in [5, 5.41) is 0. The van der Waals surface area contributed by atoms with Gasteiger partial charge in [-0.05, 0) is 25.7 Å². The second kappa shape index (κ2) is 4.00. The number of halogens is 3. The van der Waals surface area contributed by atoms with Gasteiger partial charge in [0.25, 0.3) is 0 Å². The standard InChI is InChI=1S/C8H13F3OSi/c1-7(8(9,10)11)5-6-12-13(2,3)4/h5-6H,1H2,2-4H3/b6-5+. The van der Waals surface area contributed by atoms with E-state index in [1.807, 2.05) is 19.6 Å². The van der Waals surface area contributed by atoms with Crippen LogP contribution >= 0.6 is 0 Å². The average Bonchev–Trinajstić information content (AvgIpc) is 1.82. The maximum atomic E-state index is 11.9. The van der Waals surface area contributed by atoms with Gasteiger partial charge in [-0.2, -0.15) is 13.2 Å². The minimum absolute atomic E-state index is 0.845. The fourth-order valence-electron chi connectivity index (χ4n) is 0.415. The third kappa shape index (κ3) is 6.45. The van der Waals surface area contributed by atoms with Gasteiger partial charge in [-0.1, -0.05) is 6.58 Å². The van der Waals surface area contributed by atoms with Crippen LogP contribution in [0.4, 0.5) is 13.2 Å². The molecule has 0 fully saturated rings. The number of allylic oxidation sites excluding steroid dienone is 2. The molecule has 76 valence electrons. The highest BCUT2D eigenvalue weighted by atomic mass is 28.4. The van der Waals surface area contributed by atoms with Crippen molar-refractivity contribution in [1.29, 1.82) is 0 Å². The van der Waals surface area contributed by atoms with E-state index < -0.39 is 20.1 Å². The van der Waals surface area contributed by atoms with Gasteiger partial charge in [0.2, 0.25) is 8.32 Å². The highest BCUT2D eigenvalue weighted by Crippen LogP contribution is 2.24. The Balaban J connectivity index is 4.09. The lowest BCUT2D eigenvalue weighted by Crippen LogP contribution is -2.22. The fraction of sp³-hybridized carbons (Fsp3) is 0.500. The molecule has 0 radical (unpaired) electrons. The van der Waals surface area contributed by atoms with Gasteiger partial charge in [0.1, 0.15) is 0 Å². The molecule has 0 aliphatic rings. The first kappa shape index (κ1) is 12.3. The number of hydrogen-bond donors (Lipinski definition) is 0. The maximum absolute atomic E-state index is 11.9. The van der Waals surface area contributed by atoms with Crippen LogP contribution in [0.3, 0.4) is 0 Å². The Hall–Kier alpha value is -0.713. The molecular formula is C8H13F3OSi. The normalized spacial score (nSPS) is 13.4. The zero-order valence-electron chi connectivity index (χ0n) is 7.90. The van der Waals surface area contributed by atoms with Gasteiger partial charge in [0.15, 0.2) is 0 Å². The van der Waals surface area contributed by atoms with Gasteiger partial charge in [-0.3, -0.25) is 0 Å². The van der Waals surface area contributed by atoms with Crippen molar-refractivity contribution in [1.82, 2.24) is 0 Å². The third-order valence-corrected chi connectivity index (χ3v) is 1.90. The van der Waals surface area contributed by atoms with Crippen molar-refractivity contribution < 1.29 is 17.6 Å². The van der Waals surface area contributed by atoms with Crippen molar-refractivity contribution in [2.24, 2.45) is 0 Å². The summed E-state index contributed by atoms with van der Waals surface area (Å²) in [7, 11) is -1.78. The van der Waals surface area contributed by atoms with E-state index >= 15 is 0 Å². The molecule has 0 aromatic carbocycles. The lowest BCUT2D eigenvalue weighted by molar-refractivity contribution is -0.0879. The van der Waals surface area contributed by atoms with E-state index in [9.17, 15) is 13.2 Å². The molecule has 0 N–H and O–H groups in total. The number of rotatable bonds is 3. The van der Waals surface area contributed by atoms with Crippen LogP contribution in [-0.2, 0) is 4.43 Å². The molecule has 0 unspecified atom stereocenters. The molecule has 1 nitrogen and oxygen atoms in total. The van der Waals surface area contributed by atoms with Crippen LogP contribution in [0.5, 0.6) is 0 Å². The molecule has 13 heavy (non-hydrogen) atoms. The Morgan fingerprint density at radius 2 is 1.77 bits per heavy atom. The third-order valence-electron chi connectivity index (χ3n) is 1.05. The quantitative estimate of drug-likeness (QED) is 0.394. The second-order valence-corrected chi connectivity index (χ2v) is 8.02. The van der Waals surface area contributed by atoms with Crippen LogP contribution in [0, 0.1) is 0 Å². The molecule has 0 spiro atoms. The number of alkyl halides is 3. The molecule has 0 bridgehead atoms. The van der Waals surface area contributed by atoms with Crippen LogP contribution in [0.1, 0.15) is 0 Å². The molecule has 0 saturated carbocycles. The van der Waals surface area contributed by atoms with E-state index in [1.54, 1.807) is 0 Å². The lowest BCUT2D eigenvalue weighted by Gasteiger charge is -2.15. The first-order chi connectivity index (χ1) is 5.63. The zero-order chi connectivity index (χ0) is 10.7. The highest BCUT2D eigenvalue weighted by Gasteiger charge is 2.30. The van der Waals surface area contributed by atoms with E-state index in [2.05, 4.69) is 6.58 Å². The van der Waals surface area contributed by atoms with E-state index in [1.165, 1.54) is 0 Å². The van der Waals surface area contributed by atoms with Crippen LogP contribution in [0.2, 0.25) is 19.6 Å². The van der Waals surface area contributed by atoms with Crippen LogP contribution < -0.4 is 0 Å². The molecule has 0 saturated heterocycles. The van der Waals surface area contributed by atoms with Gasteiger partial charge in [-0.15, -0.1) is 0 Å². The van der Waals surface area contributed by atoms with E-state index in [4.69, 9.17) is 4.43 Å². The molecule has 5 heteroatoms. The molecule has 0 aromatic heterocycles. The summed E-state index contributed by atoms with van der Waals surface area (Å²) in [4.78, 5) is 0. The molecule has 0 atom stereocenters. The van der Waals surface area contributed by atoms with Gasteiger partial charge < -0.3 is 4.43 Å². The van der Waals surface area contributed by atoms with Crippen molar-refractivity contribution >= 4 is 8.32 Å². The molecule has 0 aromatic rings. The monoisotopic (exact) mass is 210 g/mol. The van der Waals surface area contributed by atoms with Crippen LogP contribution in [0.25, 0.3) is 0 Å².